The molecule has 0 saturated carbocycles. The fourth-order valence-corrected chi connectivity index (χ4v) is 3.38. The summed E-state index contributed by atoms with van der Waals surface area (Å²) in [6.07, 6.45) is 2.39. The van der Waals surface area contributed by atoms with Gasteiger partial charge in [0.1, 0.15) is 16.9 Å². The van der Waals surface area contributed by atoms with Gasteiger partial charge in [-0.2, -0.15) is 15.2 Å². The third kappa shape index (κ3) is 3.17. The Labute approximate surface area is 168 Å². The maximum Gasteiger partial charge on any atom is 0.338 e. The van der Waals surface area contributed by atoms with Gasteiger partial charge in [0.15, 0.2) is 0 Å². The van der Waals surface area contributed by atoms with Crippen LogP contribution in [0.2, 0.25) is 5.02 Å². The first kappa shape index (κ1) is 18.8. The molecular formula is C18H14ClFN6O3. The molecule has 0 spiro atoms. The van der Waals surface area contributed by atoms with Crippen LogP contribution in [0.15, 0.2) is 30.6 Å². The molecule has 2 N–H and O–H groups in total. The molecule has 4 aromatic rings. The van der Waals surface area contributed by atoms with Crippen LogP contribution in [0.3, 0.4) is 0 Å². The predicted molar refractivity (Wildman–Crippen MR) is 101 cm³/mol. The summed E-state index contributed by atoms with van der Waals surface area (Å²) in [5, 5.41) is 28.2. The highest BCUT2D eigenvalue weighted by molar-refractivity contribution is 6.31. The summed E-state index contributed by atoms with van der Waals surface area (Å²) in [7, 11) is 0. The van der Waals surface area contributed by atoms with Gasteiger partial charge in [0.25, 0.3) is 5.95 Å². The lowest BCUT2D eigenvalue weighted by Crippen LogP contribution is -2.10. The maximum absolute atomic E-state index is 13.4. The fraction of sp³-hybridized carbons (Fsp3) is 0.167. The number of nitrogens with zero attached hydrogens (tertiary/aromatic N) is 6. The second-order valence-corrected chi connectivity index (χ2v) is 6.80. The predicted octanol–water partition coefficient (Wildman–Crippen LogP) is 3.13. The van der Waals surface area contributed by atoms with E-state index in [0.29, 0.717) is 16.8 Å². The van der Waals surface area contributed by atoms with Crippen molar-refractivity contribution in [1.82, 2.24) is 29.5 Å². The second-order valence-electron chi connectivity index (χ2n) is 6.39. The number of benzene rings is 1. The average molecular weight is 417 g/mol. The number of carboxylic acids is 1. The number of aryl methyl sites for hydroxylation is 1. The summed E-state index contributed by atoms with van der Waals surface area (Å²) in [6, 6.07) is 3.61. The summed E-state index contributed by atoms with van der Waals surface area (Å²) in [6.45, 7) is 3.50. The summed E-state index contributed by atoms with van der Waals surface area (Å²) < 4.78 is 16.0. The topological polar surface area (TPSA) is 119 Å². The molecule has 0 unspecified atom stereocenters. The van der Waals surface area contributed by atoms with Gasteiger partial charge in [-0.15, -0.1) is 0 Å². The molecule has 0 saturated heterocycles. The quantitative estimate of drug-likeness (QED) is 0.524. The SMILES string of the molecule is Cc1nn([C@@H](C)c2ccc(F)cc2Cl)c2c(O)nc(-n3cc(C(=O)O)cn3)nc12. The Morgan fingerprint density at radius 2 is 2.07 bits per heavy atom. The van der Waals surface area contributed by atoms with Crippen molar-refractivity contribution < 1.29 is 19.4 Å². The minimum Gasteiger partial charge on any atom is -0.492 e. The first-order valence-electron chi connectivity index (χ1n) is 8.45. The third-order valence-electron chi connectivity index (χ3n) is 4.50. The van der Waals surface area contributed by atoms with E-state index in [0.717, 1.165) is 10.9 Å². The Bertz CT molecular complexity index is 1270. The Hall–Kier alpha value is -3.53. The number of hydrogen-bond acceptors (Lipinski definition) is 6. The van der Waals surface area contributed by atoms with E-state index >= 15 is 0 Å². The van der Waals surface area contributed by atoms with Crippen LogP contribution in [0.4, 0.5) is 4.39 Å². The van der Waals surface area contributed by atoms with Gasteiger partial charge in [-0.05, 0) is 31.5 Å². The molecule has 0 aliphatic carbocycles. The van der Waals surface area contributed by atoms with Crippen molar-refractivity contribution in [2.45, 2.75) is 19.9 Å². The lowest BCUT2D eigenvalue weighted by Gasteiger charge is -2.16. The zero-order valence-corrected chi connectivity index (χ0v) is 16.0. The van der Waals surface area contributed by atoms with Crippen LogP contribution in [0.1, 0.15) is 34.6 Å². The van der Waals surface area contributed by atoms with Crippen molar-refractivity contribution in [3.63, 3.8) is 0 Å². The van der Waals surface area contributed by atoms with Crippen LogP contribution in [0, 0.1) is 12.7 Å². The van der Waals surface area contributed by atoms with Gasteiger partial charge >= 0.3 is 5.97 Å². The standard InChI is InChI=1S/C18H14ClFN6O3/c1-8-14-15(26(24-8)9(2)12-4-3-11(20)5-13(12)19)16(27)23-18(22-14)25-7-10(6-21-25)17(28)29/h3-7,9H,1-2H3,(H,28,29)(H,22,23,27)/t9-/m0/s1. The van der Waals surface area contributed by atoms with Crippen molar-refractivity contribution in [3.8, 4) is 11.8 Å². The van der Waals surface area contributed by atoms with E-state index < -0.39 is 17.8 Å². The van der Waals surface area contributed by atoms with Crippen LogP contribution in [-0.4, -0.2) is 45.7 Å². The van der Waals surface area contributed by atoms with E-state index in [1.807, 2.05) is 0 Å². The number of hydrogen-bond donors (Lipinski definition) is 2. The average Bonchev–Trinajstić information content (AvgIpc) is 3.27. The monoisotopic (exact) mass is 416 g/mol. The van der Waals surface area contributed by atoms with Gasteiger partial charge < -0.3 is 10.2 Å². The Kier molecular flexibility index (Phi) is 4.42. The molecule has 1 aromatic carbocycles. The second kappa shape index (κ2) is 6.82. The molecule has 29 heavy (non-hydrogen) atoms. The van der Waals surface area contributed by atoms with Crippen LogP contribution in [0.25, 0.3) is 17.0 Å². The zero-order valence-electron chi connectivity index (χ0n) is 15.2. The molecule has 3 aromatic heterocycles. The number of halogens is 2. The Morgan fingerprint density at radius 3 is 2.72 bits per heavy atom. The molecule has 1 atom stereocenters. The molecule has 0 bridgehead atoms. The van der Waals surface area contributed by atoms with Crippen LogP contribution < -0.4 is 0 Å². The highest BCUT2D eigenvalue weighted by Crippen LogP contribution is 2.32. The normalized spacial score (nSPS) is 12.4. The van der Waals surface area contributed by atoms with E-state index in [-0.39, 0.29) is 27.9 Å². The van der Waals surface area contributed by atoms with Crippen LogP contribution in [-0.2, 0) is 0 Å². The molecule has 11 heteroatoms. The van der Waals surface area contributed by atoms with Crippen molar-refractivity contribution in [2.24, 2.45) is 0 Å². The van der Waals surface area contributed by atoms with Gasteiger partial charge in [0, 0.05) is 11.2 Å². The minimum absolute atomic E-state index is 0.00221. The van der Waals surface area contributed by atoms with Crippen LogP contribution >= 0.6 is 11.6 Å². The Balaban J connectivity index is 1.84. The third-order valence-corrected chi connectivity index (χ3v) is 4.82. The summed E-state index contributed by atoms with van der Waals surface area (Å²) in [5.41, 5.74) is 1.71. The van der Waals surface area contributed by atoms with E-state index in [1.54, 1.807) is 19.9 Å². The summed E-state index contributed by atoms with van der Waals surface area (Å²) >= 11 is 6.17. The number of carbonyl (C=O) groups is 1. The molecule has 3 heterocycles. The summed E-state index contributed by atoms with van der Waals surface area (Å²) in [5.74, 6) is -1.96. The number of fused-ring (bicyclic) bond motifs is 1. The van der Waals surface area contributed by atoms with Crippen LogP contribution in [0.5, 0.6) is 5.88 Å². The molecule has 148 valence electrons. The molecule has 0 fully saturated rings. The van der Waals surface area contributed by atoms with Crippen molar-refractivity contribution in [2.75, 3.05) is 0 Å². The minimum atomic E-state index is -1.14. The van der Waals surface area contributed by atoms with Crippen molar-refractivity contribution >= 4 is 28.6 Å². The van der Waals surface area contributed by atoms with Crippen molar-refractivity contribution in [1.29, 1.82) is 0 Å². The van der Waals surface area contributed by atoms with E-state index in [4.69, 9.17) is 16.7 Å². The molecular weight excluding hydrogens is 403 g/mol. The highest BCUT2D eigenvalue weighted by Gasteiger charge is 2.23. The molecule has 9 nitrogen and oxygen atoms in total. The number of aromatic nitrogens is 6. The molecule has 0 radical (unpaired) electrons. The zero-order chi connectivity index (χ0) is 20.9. The van der Waals surface area contributed by atoms with Gasteiger partial charge in [-0.3, -0.25) is 4.68 Å². The first-order chi connectivity index (χ1) is 13.8. The lowest BCUT2D eigenvalue weighted by atomic mass is 10.1. The van der Waals surface area contributed by atoms with Crippen molar-refractivity contribution in [3.05, 3.63) is 58.3 Å². The molecule has 0 amide bonds. The van der Waals surface area contributed by atoms with E-state index in [1.165, 1.54) is 23.0 Å². The largest absolute Gasteiger partial charge is 0.492 e. The number of aromatic hydroxyl groups is 1. The van der Waals surface area contributed by atoms with E-state index in [2.05, 4.69) is 20.2 Å². The van der Waals surface area contributed by atoms with E-state index in [9.17, 15) is 14.3 Å². The van der Waals surface area contributed by atoms with Gasteiger partial charge in [-0.25, -0.2) is 18.9 Å². The fourth-order valence-electron chi connectivity index (χ4n) is 3.05. The number of rotatable bonds is 4. The Morgan fingerprint density at radius 1 is 1.31 bits per heavy atom. The van der Waals surface area contributed by atoms with Gasteiger partial charge in [-0.1, -0.05) is 17.7 Å². The number of carboxylic acid groups (broad SMARTS) is 1. The molecule has 0 aliphatic heterocycles. The smallest absolute Gasteiger partial charge is 0.338 e. The maximum atomic E-state index is 13.4. The van der Waals surface area contributed by atoms with Gasteiger partial charge in [0.05, 0.1) is 23.5 Å². The number of aromatic carboxylic acids is 1. The first-order valence-corrected chi connectivity index (χ1v) is 8.83. The summed E-state index contributed by atoms with van der Waals surface area (Å²) in [4.78, 5) is 19.5. The highest BCUT2D eigenvalue weighted by atomic mass is 35.5. The van der Waals surface area contributed by atoms with Gasteiger partial charge in [0.2, 0.25) is 5.88 Å². The lowest BCUT2D eigenvalue weighted by molar-refractivity contribution is 0.0697. The molecule has 4 rings (SSSR count). The molecule has 0 aliphatic rings.